The van der Waals surface area contributed by atoms with Crippen LogP contribution in [0.1, 0.15) is 32.6 Å². The van der Waals surface area contributed by atoms with E-state index in [0.717, 1.165) is 25.7 Å². The maximum absolute atomic E-state index is 11.2. The SMILES string of the molecule is CCOc1ccnc(NCC2CCCCC2C(=O)O)n1. The summed E-state index contributed by atoms with van der Waals surface area (Å²) in [5.74, 6) is 0.210. The van der Waals surface area contributed by atoms with Gasteiger partial charge in [-0.1, -0.05) is 12.8 Å². The first-order valence-electron chi connectivity index (χ1n) is 7.13. The molecular formula is C14H21N3O3. The fourth-order valence-corrected chi connectivity index (χ4v) is 2.66. The zero-order chi connectivity index (χ0) is 14.4. The minimum atomic E-state index is -0.694. The van der Waals surface area contributed by atoms with Crippen molar-refractivity contribution in [1.29, 1.82) is 0 Å². The number of aliphatic carboxylic acids is 1. The molecule has 0 aromatic carbocycles. The molecule has 1 aliphatic carbocycles. The number of carbonyl (C=O) groups is 1. The Balaban J connectivity index is 1.93. The van der Waals surface area contributed by atoms with Crippen LogP contribution in [0.25, 0.3) is 0 Å². The van der Waals surface area contributed by atoms with Crippen LogP contribution in [0.5, 0.6) is 5.88 Å². The third-order valence-corrected chi connectivity index (χ3v) is 3.67. The molecule has 0 aliphatic heterocycles. The number of aromatic nitrogens is 2. The summed E-state index contributed by atoms with van der Waals surface area (Å²) in [6.07, 6.45) is 5.44. The molecule has 1 aromatic rings. The van der Waals surface area contributed by atoms with Crippen molar-refractivity contribution in [3.05, 3.63) is 12.3 Å². The Bertz CT molecular complexity index is 453. The summed E-state index contributed by atoms with van der Waals surface area (Å²) in [7, 11) is 0. The molecule has 0 radical (unpaired) electrons. The third kappa shape index (κ3) is 3.82. The molecule has 110 valence electrons. The fourth-order valence-electron chi connectivity index (χ4n) is 2.66. The first-order chi connectivity index (χ1) is 9.70. The van der Waals surface area contributed by atoms with Crippen LogP contribution in [0, 0.1) is 11.8 Å². The summed E-state index contributed by atoms with van der Waals surface area (Å²) >= 11 is 0. The molecule has 6 heteroatoms. The quantitative estimate of drug-likeness (QED) is 0.830. The third-order valence-electron chi connectivity index (χ3n) is 3.67. The molecule has 0 bridgehead atoms. The number of carboxylic acid groups (broad SMARTS) is 1. The Morgan fingerprint density at radius 1 is 1.50 bits per heavy atom. The van der Waals surface area contributed by atoms with Gasteiger partial charge in [0.2, 0.25) is 11.8 Å². The number of nitrogens with zero attached hydrogens (tertiary/aromatic N) is 2. The van der Waals surface area contributed by atoms with E-state index in [1.165, 1.54) is 0 Å². The summed E-state index contributed by atoms with van der Waals surface area (Å²) in [5.41, 5.74) is 0. The lowest BCUT2D eigenvalue weighted by Gasteiger charge is -2.28. The van der Waals surface area contributed by atoms with E-state index in [-0.39, 0.29) is 11.8 Å². The highest BCUT2D eigenvalue weighted by molar-refractivity contribution is 5.70. The number of ether oxygens (including phenoxy) is 1. The molecule has 2 unspecified atom stereocenters. The largest absolute Gasteiger partial charge is 0.481 e. The summed E-state index contributed by atoms with van der Waals surface area (Å²) < 4.78 is 5.31. The molecule has 20 heavy (non-hydrogen) atoms. The van der Waals surface area contributed by atoms with Crippen molar-refractivity contribution in [2.45, 2.75) is 32.6 Å². The van der Waals surface area contributed by atoms with Gasteiger partial charge >= 0.3 is 5.97 Å². The molecule has 2 N–H and O–H groups in total. The van der Waals surface area contributed by atoms with Crippen molar-refractivity contribution >= 4 is 11.9 Å². The number of anilines is 1. The lowest BCUT2D eigenvalue weighted by atomic mass is 9.79. The molecule has 0 amide bonds. The van der Waals surface area contributed by atoms with Gasteiger partial charge in [-0.15, -0.1) is 0 Å². The molecule has 0 saturated heterocycles. The summed E-state index contributed by atoms with van der Waals surface area (Å²) in [6, 6.07) is 1.70. The van der Waals surface area contributed by atoms with Crippen molar-refractivity contribution in [1.82, 2.24) is 9.97 Å². The molecule has 1 saturated carbocycles. The maximum Gasteiger partial charge on any atom is 0.306 e. The lowest BCUT2D eigenvalue weighted by molar-refractivity contribution is -0.144. The highest BCUT2D eigenvalue weighted by atomic mass is 16.5. The van der Waals surface area contributed by atoms with Crippen molar-refractivity contribution in [2.24, 2.45) is 11.8 Å². The molecule has 1 fully saturated rings. The van der Waals surface area contributed by atoms with Gasteiger partial charge in [0.25, 0.3) is 0 Å². The monoisotopic (exact) mass is 279 g/mol. The summed E-state index contributed by atoms with van der Waals surface area (Å²) in [4.78, 5) is 19.6. The van der Waals surface area contributed by atoms with Crippen molar-refractivity contribution in [3.63, 3.8) is 0 Å². The highest BCUT2D eigenvalue weighted by Crippen LogP contribution is 2.30. The number of hydrogen-bond donors (Lipinski definition) is 2. The molecule has 1 heterocycles. The lowest BCUT2D eigenvalue weighted by Crippen LogP contribution is -2.32. The average Bonchev–Trinajstić information content (AvgIpc) is 2.46. The Kier molecular flexibility index (Phi) is 5.15. The van der Waals surface area contributed by atoms with Crippen LogP contribution < -0.4 is 10.1 Å². The van der Waals surface area contributed by atoms with Gasteiger partial charge in [0, 0.05) is 18.8 Å². The van der Waals surface area contributed by atoms with E-state index < -0.39 is 5.97 Å². The van der Waals surface area contributed by atoms with Gasteiger partial charge in [-0.05, 0) is 25.7 Å². The first kappa shape index (κ1) is 14.6. The van der Waals surface area contributed by atoms with E-state index in [2.05, 4.69) is 15.3 Å². The van der Waals surface area contributed by atoms with Crippen molar-refractivity contribution < 1.29 is 14.6 Å². The number of hydrogen-bond acceptors (Lipinski definition) is 5. The molecule has 0 spiro atoms. The molecule has 1 aliphatic rings. The van der Waals surface area contributed by atoms with E-state index >= 15 is 0 Å². The van der Waals surface area contributed by atoms with Gasteiger partial charge in [0.1, 0.15) is 0 Å². The number of carboxylic acids is 1. The summed E-state index contributed by atoms with van der Waals surface area (Å²) in [6.45, 7) is 3.04. The molecule has 1 aromatic heterocycles. The van der Waals surface area contributed by atoms with Crippen molar-refractivity contribution in [2.75, 3.05) is 18.5 Å². The van der Waals surface area contributed by atoms with Gasteiger partial charge in [0.05, 0.1) is 12.5 Å². The van der Waals surface area contributed by atoms with Crippen molar-refractivity contribution in [3.8, 4) is 5.88 Å². The number of rotatable bonds is 6. The normalized spacial score (nSPS) is 22.2. The highest BCUT2D eigenvalue weighted by Gasteiger charge is 2.30. The minimum Gasteiger partial charge on any atom is -0.481 e. The molecule has 2 rings (SSSR count). The van der Waals surface area contributed by atoms with Crippen LogP contribution in [0.2, 0.25) is 0 Å². The Morgan fingerprint density at radius 2 is 2.30 bits per heavy atom. The molecule has 6 nitrogen and oxygen atoms in total. The maximum atomic E-state index is 11.2. The number of nitrogens with one attached hydrogen (secondary N) is 1. The van der Waals surface area contributed by atoms with Gasteiger partial charge in [-0.2, -0.15) is 4.98 Å². The van der Waals surface area contributed by atoms with Gasteiger partial charge < -0.3 is 15.2 Å². The topological polar surface area (TPSA) is 84.3 Å². The predicted molar refractivity (Wildman–Crippen MR) is 74.8 cm³/mol. The van der Waals surface area contributed by atoms with E-state index in [1.807, 2.05) is 6.92 Å². The second-order valence-corrected chi connectivity index (χ2v) is 5.02. The zero-order valence-electron chi connectivity index (χ0n) is 11.7. The van der Waals surface area contributed by atoms with Crippen LogP contribution >= 0.6 is 0 Å². The van der Waals surface area contributed by atoms with E-state index in [1.54, 1.807) is 12.3 Å². The minimum absolute atomic E-state index is 0.139. The van der Waals surface area contributed by atoms with E-state index in [0.29, 0.717) is 25.0 Å². The molecule has 2 atom stereocenters. The van der Waals surface area contributed by atoms with Crippen LogP contribution in [0.3, 0.4) is 0 Å². The Labute approximate surface area is 118 Å². The van der Waals surface area contributed by atoms with E-state index in [4.69, 9.17) is 4.74 Å². The second-order valence-electron chi connectivity index (χ2n) is 5.02. The second kappa shape index (κ2) is 7.07. The molecular weight excluding hydrogens is 258 g/mol. The van der Waals surface area contributed by atoms with Gasteiger partial charge in [-0.3, -0.25) is 4.79 Å². The zero-order valence-corrected chi connectivity index (χ0v) is 11.7. The first-order valence-corrected chi connectivity index (χ1v) is 7.13. The Hall–Kier alpha value is -1.85. The smallest absolute Gasteiger partial charge is 0.306 e. The summed E-state index contributed by atoms with van der Waals surface area (Å²) in [5, 5.41) is 12.4. The Morgan fingerprint density at radius 3 is 3.05 bits per heavy atom. The average molecular weight is 279 g/mol. The van der Waals surface area contributed by atoms with Crippen LogP contribution in [-0.4, -0.2) is 34.2 Å². The van der Waals surface area contributed by atoms with Gasteiger partial charge in [-0.25, -0.2) is 4.98 Å². The van der Waals surface area contributed by atoms with Crippen LogP contribution in [0.15, 0.2) is 12.3 Å². The van der Waals surface area contributed by atoms with Gasteiger partial charge in [0.15, 0.2) is 0 Å². The standard InChI is InChI=1S/C14H21N3O3/c1-2-20-12-7-8-15-14(17-12)16-9-10-5-3-4-6-11(10)13(18)19/h7-8,10-11H,2-6,9H2,1H3,(H,18,19)(H,15,16,17). The fraction of sp³-hybridized carbons (Fsp3) is 0.643. The van der Waals surface area contributed by atoms with Crippen LogP contribution in [-0.2, 0) is 4.79 Å². The predicted octanol–water partition coefficient (Wildman–Crippen LogP) is 2.18. The van der Waals surface area contributed by atoms with Crippen LogP contribution in [0.4, 0.5) is 5.95 Å². The van der Waals surface area contributed by atoms with E-state index in [9.17, 15) is 9.90 Å².